The molecule has 7 nitrogen and oxygen atoms in total. The van der Waals surface area contributed by atoms with Crippen molar-refractivity contribution in [3.8, 4) is 0 Å². The SMILES string of the molecule is COC(=O)CC1C(=O)NCCN1Cc1cnc(N)s1.Cl. The second kappa shape index (κ2) is 7.41. The quantitative estimate of drug-likeness (QED) is 0.759. The number of nitrogen functional groups attached to an aromatic ring is 1. The molecule has 1 aliphatic rings. The van der Waals surface area contributed by atoms with Gasteiger partial charge in [0.05, 0.1) is 13.5 Å². The minimum atomic E-state index is -0.496. The number of esters is 1. The smallest absolute Gasteiger partial charge is 0.307 e. The summed E-state index contributed by atoms with van der Waals surface area (Å²) in [5, 5.41) is 3.26. The highest BCUT2D eigenvalue weighted by atomic mass is 35.5. The number of hydrogen-bond donors (Lipinski definition) is 2. The summed E-state index contributed by atoms with van der Waals surface area (Å²) in [7, 11) is 1.32. The fraction of sp³-hybridized carbons (Fsp3) is 0.545. The average Bonchev–Trinajstić information content (AvgIpc) is 2.79. The topological polar surface area (TPSA) is 97.5 Å². The summed E-state index contributed by atoms with van der Waals surface area (Å²) in [6.07, 6.45) is 1.75. The Balaban J connectivity index is 0.00000200. The van der Waals surface area contributed by atoms with E-state index >= 15 is 0 Å². The van der Waals surface area contributed by atoms with Gasteiger partial charge in [-0.05, 0) is 0 Å². The Labute approximate surface area is 126 Å². The van der Waals surface area contributed by atoms with Crippen molar-refractivity contribution in [1.29, 1.82) is 0 Å². The number of carbonyl (C=O) groups is 2. The minimum Gasteiger partial charge on any atom is -0.469 e. The zero-order valence-electron chi connectivity index (χ0n) is 11.0. The van der Waals surface area contributed by atoms with E-state index < -0.39 is 12.0 Å². The highest BCUT2D eigenvalue weighted by molar-refractivity contribution is 7.15. The van der Waals surface area contributed by atoms with E-state index in [0.717, 1.165) is 4.88 Å². The molecule has 0 bridgehead atoms. The van der Waals surface area contributed by atoms with E-state index in [1.165, 1.54) is 18.4 Å². The van der Waals surface area contributed by atoms with E-state index in [2.05, 4.69) is 15.0 Å². The van der Waals surface area contributed by atoms with E-state index in [1.807, 2.05) is 4.90 Å². The Hall–Kier alpha value is -1.38. The fourth-order valence-electron chi connectivity index (χ4n) is 2.01. The summed E-state index contributed by atoms with van der Waals surface area (Å²) >= 11 is 1.39. The van der Waals surface area contributed by atoms with E-state index in [9.17, 15) is 9.59 Å². The number of hydrogen-bond acceptors (Lipinski definition) is 7. The van der Waals surface area contributed by atoms with Crippen molar-refractivity contribution in [3.63, 3.8) is 0 Å². The maximum Gasteiger partial charge on any atom is 0.307 e. The molecular formula is C11H17ClN4O3S. The lowest BCUT2D eigenvalue weighted by Crippen LogP contribution is -2.55. The van der Waals surface area contributed by atoms with Crippen LogP contribution < -0.4 is 11.1 Å². The number of anilines is 1. The number of thiazole rings is 1. The third kappa shape index (κ3) is 4.06. The molecule has 1 amide bonds. The van der Waals surface area contributed by atoms with Gasteiger partial charge in [0, 0.05) is 30.7 Å². The molecule has 9 heteroatoms. The number of carbonyl (C=O) groups excluding carboxylic acids is 2. The molecule has 1 aliphatic heterocycles. The molecule has 2 rings (SSSR count). The molecule has 0 spiro atoms. The summed E-state index contributed by atoms with van der Waals surface area (Å²) in [4.78, 5) is 30.1. The number of methoxy groups -OCH3 is 1. The standard InChI is InChI=1S/C11H16N4O3S.ClH/c1-18-9(16)4-8-10(17)13-2-3-15(8)6-7-5-14-11(12)19-7;/h5,8H,2-4,6H2,1H3,(H2,12,14)(H,13,17);1H. The van der Waals surface area contributed by atoms with Crippen molar-refractivity contribution in [2.75, 3.05) is 25.9 Å². The Morgan fingerprint density at radius 3 is 3.05 bits per heavy atom. The minimum absolute atomic E-state index is 0. The van der Waals surface area contributed by atoms with Gasteiger partial charge in [-0.15, -0.1) is 23.7 Å². The second-order valence-electron chi connectivity index (χ2n) is 4.22. The van der Waals surface area contributed by atoms with Crippen LogP contribution in [0.5, 0.6) is 0 Å². The summed E-state index contributed by atoms with van der Waals surface area (Å²) in [6, 6.07) is -0.496. The van der Waals surface area contributed by atoms with Crippen molar-refractivity contribution in [2.45, 2.75) is 19.0 Å². The van der Waals surface area contributed by atoms with Gasteiger partial charge < -0.3 is 15.8 Å². The van der Waals surface area contributed by atoms with Crippen molar-refractivity contribution in [1.82, 2.24) is 15.2 Å². The number of amides is 1. The molecule has 1 aromatic heterocycles. The number of aromatic nitrogens is 1. The van der Waals surface area contributed by atoms with Crippen LogP contribution in [0.2, 0.25) is 0 Å². The Kier molecular flexibility index (Phi) is 6.18. The van der Waals surface area contributed by atoms with Crippen molar-refractivity contribution >= 4 is 40.8 Å². The van der Waals surface area contributed by atoms with Gasteiger partial charge in [0.25, 0.3) is 0 Å². The molecule has 20 heavy (non-hydrogen) atoms. The van der Waals surface area contributed by atoms with Gasteiger partial charge in [0.2, 0.25) is 5.91 Å². The lowest BCUT2D eigenvalue weighted by Gasteiger charge is -2.33. The molecular weight excluding hydrogens is 304 g/mol. The van der Waals surface area contributed by atoms with Gasteiger partial charge in [-0.3, -0.25) is 14.5 Å². The Bertz CT molecular complexity index is 482. The van der Waals surface area contributed by atoms with Crippen LogP contribution in [0.15, 0.2) is 6.20 Å². The van der Waals surface area contributed by atoms with Crippen LogP contribution in [0, 0.1) is 0 Å². The number of nitrogens with two attached hydrogens (primary N) is 1. The predicted molar refractivity (Wildman–Crippen MR) is 77.6 cm³/mol. The molecule has 1 atom stereocenters. The first-order valence-corrected chi connectivity index (χ1v) is 6.70. The van der Waals surface area contributed by atoms with Gasteiger partial charge >= 0.3 is 5.97 Å². The first-order chi connectivity index (χ1) is 9.10. The van der Waals surface area contributed by atoms with Crippen LogP contribution in [-0.2, 0) is 20.9 Å². The molecule has 2 heterocycles. The third-order valence-corrected chi connectivity index (χ3v) is 3.77. The third-order valence-electron chi connectivity index (χ3n) is 2.96. The number of ether oxygens (including phenoxy) is 1. The summed E-state index contributed by atoms with van der Waals surface area (Å²) in [5.74, 6) is -0.537. The second-order valence-corrected chi connectivity index (χ2v) is 5.37. The van der Waals surface area contributed by atoms with Crippen molar-refractivity contribution in [2.24, 2.45) is 0 Å². The summed E-state index contributed by atoms with van der Waals surface area (Å²) in [6.45, 7) is 1.82. The number of rotatable bonds is 4. The number of nitrogens with zero attached hydrogens (tertiary/aromatic N) is 2. The molecule has 0 radical (unpaired) electrons. The van der Waals surface area contributed by atoms with Crippen molar-refractivity contribution < 1.29 is 14.3 Å². The number of nitrogens with one attached hydrogen (secondary N) is 1. The first-order valence-electron chi connectivity index (χ1n) is 5.89. The van der Waals surface area contributed by atoms with Crippen LogP contribution in [0.3, 0.4) is 0 Å². The van der Waals surface area contributed by atoms with Crippen LogP contribution in [0.25, 0.3) is 0 Å². The maximum absolute atomic E-state index is 11.9. The zero-order valence-corrected chi connectivity index (χ0v) is 12.6. The molecule has 112 valence electrons. The van der Waals surface area contributed by atoms with Gasteiger partial charge in [-0.25, -0.2) is 4.98 Å². The predicted octanol–water partition coefficient (Wildman–Crippen LogP) is 0.0106. The molecule has 0 aliphatic carbocycles. The van der Waals surface area contributed by atoms with Gasteiger partial charge in [0.15, 0.2) is 5.13 Å². The van der Waals surface area contributed by atoms with Gasteiger partial charge in [-0.2, -0.15) is 0 Å². The van der Waals surface area contributed by atoms with Crippen LogP contribution in [-0.4, -0.2) is 48.0 Å². The fourth-order valence-corrected chi connectivity index (χ4v) is 2.72. The Morgan fingerprint density at radius 2 is 2.45 bits per heavy atom. The number of piperazine rings is 1. The van der Waals surface area contributed by atoms with E-state index in [4.69, 9.17) is 5.73 Å². The molecule has 0 aromatic carbocycles. The molecule has 1 fully saturated rings. The summed E-state index contributed by atoms with van der Waals surface area (Å²) in [5.41, 5.74) is 5.58. The highest BCUT2D eigenvalue weighted by Crippen LogP contribution is 2.20. The van der Waals surface area contributed by atoms with Crippen molar-refractivity contribution in [3.05, 3.63) is 11.1 Å². The van der Waals surface area contributed by atoms with Crippen LogP contribution in [0.1, 0.15) is 11.3 Å². The molecule has 1 unspecified atom stereocenters. The number of halogens is 1. The van der Waals surface area contributed by atoms with E-state index in [0.29, 0.717) is 24.8 Å². The molecule has 3 N–H and O–H groups in total. The normalized spacial score (nSPS) is 19.1. The largest absolute Gasteiger partial charge is 0.469 e. The average molecular weight is 321 g/mol. The van der Waals surface area contributed by atoms with Gasteiger partial charge in [0.1, 0.15) is 6.04 Å². The zero-order chi connectivity index (χ0) is 13.8. The monoisotopic (exact) mass is 320 g/mol. The van der Waals surface area contributed by atoms with E-state index in [-0.39, 0.29) is 24.7 Å². The highest BCUT2D eigenvalue weighted by Gasteiger charge is 2.32. The molecule has 0 saturated carbocycles. The van der Waals surface area contributed by atoms with Gasteiger partial charge in [-0.1, -0.05) is 0 Å². The first kappa shape index (κ1) is 16.7. The summed E-state index contributed by atoms with van der Waals surface area (Å²) < 4.78 is 4.63. The lowest BCUT2D eigenvalue weighted by atomic mass is 10.1. The Morgan fingerprint density at radius 1 is 1.70 bits per heavy atom. The van der Waals surface area contributed by atoms with Crippen LogP contribution >= 0.6 is 23.7 Å². The molecule has 1 saturated heterocycles. The molecule has 1 aromatic rings. The maximum atomic E-state index is 11.9. The van der Waals surface area contributed by atoms with Crippen LogP contribution in [0.4, 0.5) is 5.13 Å². The lowest BCUT2D eigenvalue weighted by molar-refractivity contribution is -0.146. The van der Waals surface area contributed by atoms with E-state index in [1.54, 1.807) is 6.20 Å².